The summed E-state index contributed by atoms with van der Waals surface area (Å²) in [6.45, 7) is 0. The molecule has 2 rings (SSSR count). The summed E-state index contributed by atoms with van der Waals surface area (Å²) < 4.78 is 4.98. The van der Waals surface area contributed by atoms with Gasteiger partial charge in [-0.25, -0.2) is 4.98 Å². The highest BCUT2D eigenvalue weighted by atomic mass is 32.1. The number of hydrogen-bond acceptors (Lipinski definition) is 7. The first kappa shape index (κ1) is 13.3. The van der Waals surface area contributed by atoms with Gasteiger partial charge in [-0.05, 0) is 6.42 Å². The summed E-state index contributed by atoms with van der Waals surface area (Å²) in [6, 6.07) is -0.752. The zero-order chi connectivity index (χ0) is 14.0. The van der Waals surface area contributed by atoms with Gasteiger partial charge in [0.05, 0.1) is 7.11 Å². The average molecular weight is 284 g/mol. The molecule has 0 saturated carbocycles. The Labute approximate surface area is 112 Å². The van der Waals surface area contributed by atoms with Gasteiger partial charge in [0, 0.05) is 6.42 Å². The number of amides is 3. The maximum atomic E-state index is 12.0. The second-order valence-electron chi connectivity index (χ2n) is 3.87. The quantitative estimate of drug-likeness (QED) is 0.629. The zero-order valence-electron chi connectivity index (χ0n) is 10.1. The van der Waals surface area contributed by atoms with Crippen molar-refractivity contribution in [3.05, 3.63) is 5.69 Å². The highest BCUT2D eigenvalue weighted by Crippen LogP contribution is 2.28. The predicted molar refractivity (Wildman–Crippen MR) is 66.7 cm³/mol. The van der Waals surface area contributed by atoms with E-state index in [4.69, 9.17) is 10.5 Å². The first-order chi connectivity index (χ1) is 9.01. The maximum absolute atomic E-state index is 12.0. The molecular formula is C10H12N4O4S. The standard InChI is InChI=1S/C10H12N4O4S/c1-18-9-6(14-10(11)19-9)8(17)12-4-2-3-5(15)13-7(4)16/h4H,2-3H2,1H3,(H2,11,14)(H,12,17)(H,13,15,16). The minimum Gasteiger partial charge on any atom is -0.485 e. The predicted octanol–water partition coefficient (Wildman–Crippen LogP) is -0.731. The topological polar surface area (TPSA) is 123 Å². The summed E-state index contributed by atoms with van der Waals surface area (Å²) in [5.74, 6) is -1.42. The Kier molecular flexibility index (Phi) is 3.65. The molecule has 9 heteroatoms. The lowest BCUT2D eigenvalue weighted by atomic mass is 10.1. The van der Waals surface area contributed by atoms with Crippen LogP contribution in [0.1, 0.15) is 23.3 Å². The van der Waals surface area contributed by atoms with Gasteiger partial charge in [0.1, 0.15) is 6.04 Å². The summed E-state index contributed by atoms with van der Waals surface area (Å²) in [5, 5.41) is 5.13. The number of thiazole rings is 1. The van der Waals surface area contributed by atoms with Crippen molar-refractivity contribution in [3.8, 4) is 5.06 Å². The summed E-state index contributed by atoms with van der Waals surface area (Å²) in [6.07, 6.45) is 0.450. The van der Waals surface area contributed by atoms with Gasteiger partial charge in [0.2, 0.25) is 16.9 Å². The van der Waals surface area contributed by atoms with E-state index in [0.717, 1.165) is 11.3 Å². The van der Waals surface area contributed by atoms with Crippen LogP contribution in [0.25, 0.3) is 0 Å². The van der Waals surface area contributed by atoms with Gasteiger partial charge in [-0.2, -0.15) is 0 Å². The third-order valence-electron chi connectivity index (χ3n) is 2.56. The number of nitrogens with one attached hydrogen (secondary N) is 2. The summed E-state index contributed by atoms with van der Waals surface area (Å²) >= 11 is 1.03. The number of nitrogens with zero attached hydrogens (tertiary/aromatic N) is 1. The monoisotopic (exact) mass is 284 g/mol. The van der Waals surface area contributed by atoms with Crippen LogP contribution in [-0.2, 0) is 9.59 Å². The molecule has 19 heavy (non-hydrogen) atoms. The van der Waals surface area contributed by atoms with Crippen LogP contribution in [0.3, 0.4) is 0 Å². The van der Waals surface area contributed by atoms with Gasteiger partial charge in [0.25, 0.3) is 5.91 Å². The second kappa shape index (κ2) is 5.22. The Hall–Kier alpha value is -2.16. The highest BCUT2D eigenvalue weighted by Gasteiger charge is 2.29. The molecule has 0 aliphatic carbocycles. The minimum absolute atomic E-state index is 0.0368. The largest absolute Gasteiger partial charge is 0.485 e. The number of piperidine rings is 1. The molecule has 0 radical (unpaired) electrons. The Morgan fingerprint density at radius 3 is 2.95 bits per heavy atom. The molecule has 0 aromatic carbocycles. The number of carbonyl (C=O) groups is 3. The Morgan fingerprint density at radius 1 is 1.58 bits per heavy atom. The highest BCUT2D eigenvalue weighted by molar-refractivity contribution is 7.17. The van der Waals surface area contributed by atoms with Crippen LogP contribution in [-0.4, -0.2) is 35.9 Å². The summed E-state index contributed by atoms with van der Waals surface area (Å²) in [7, 11) is 1.40. The lowest BCUT2D eigenvalue weighted by Gasteiger charge is -2.21. The van der Waals surface area contributed by atoms with Gasteiger partial charge in [0.15, 0.2) is 10.8 Å². The van der Waals surface area contributed by atoms with Gasteiger partial charge in [-0.1, -0.05) is 11.3 Å². The summed E-state index contributed by atoms with van der Waals surface area (Å²) in [5.41, 5.74) is 5.53. The van der Waals surface area contributed by atoms with Gasteiger partial charge < -0.3 is 15.8 Å². The SMILES string of the molecule is COc1sc(N)nc1C(=O)NC1CCC(=O)NC1=O. The van der Waals surface area contributed by atoms with Crippen LogP contribution in [0.2, 0.25) is 0 Å². The molecule has 1 unspecified atom stereocenters. The molecule has 1 aromatic rings. The van der Waals surface area contributed by atoms with Crippen LogP contribution < -0.4 is 21.1 Å². The zero-order valence-corrected chi connectivity index (χ0v) is 10.9. The molecule has 3 amide bonds. The normalized spacial score (nSPS) is 18.9. The van der Waals surface area contributed by atoms with Crippen molar-refractivity contribution >= 4 is 34.2 Å². The molecule has 1 fully saturated rings. The molecule has 1 saturated heterocycles. The fourth-order valence-corrected chi connectivity index (χ4v) is 2.31. The van der Waals surface area contributed by atoms with Gasteiger partial charge >= 0.3 is 0 Å². The second-order valence-corrected chi connectivity index (χ2v) is 4.86. The molecule has 1 atom stereocenters. The first-order valence-electron chi connectivity index (χ1n) is 5.46. The van der Waals surface area contributed by atoms with E-state index in [-0.39, 0.29) is 34.6 Å². The van der Waals surface area contributed by atoms with Crippen molar-refractivity contribution in [1.82, 2.24) is 15.6 Å². The molecular weight excluding hydrogens is 272 g/mol. The van der Waals surface area contributed by atoms with Crippen molar-refractivity contribution in [2.24, 2.45) is 0 Å². The number of ether oxygens (including phenoxy) is 1. The van der Waals surface area contributed by atoms with Crippen LogP contribution in [0.4, 0.5) is 5.13 Å². The van der Waals surface area contributed by atoms with E-state index < -0.39 is 17.9 Å². The van der Waals surface area contributed by atoms with E-state index in [0.29, 0.717) is 0 Å². The molecule has 1 aliphatic rings. The summed E-state index contributed by atoms with van der Waals surface area (Å²) in [4.78, 5) is 38.3. The minimum atomic E-state index is -0.752. The van der Waals surface area contributed by atoms with Crippen LogP contribution in [0, 0.1) is 0 Å². The van der Waals surface area contributed by atoms with E-state index in [2.05, 4.69) is 15.6 Å². The number of aromatic nitrogens is 1. The molecule has 1 aliphatic heterocycles. The number of nitrogens with two attached hydrogens (primary N) is 1. The van der Waals surface area contributed by atoms with Gasteiger partial charge in [-0.3, -0.25) is 19.7 Å². The van der Waals surface area contributed by atoms with Crippen LogP contribution in [0.5, 0.6) is 5.06 Å². The van der Waals surface area contributed by atoms with Crippen LogP contribution >= 0.6 is 11.3 Å². The Morgan fingerprint density at radius 2 is 2.32 bits per heavy atom. The molecule has 1 aromatic heterocycles. The van der Waals surface area contributed by atoms with Crippen LogP contribution in [0.15, 0.2) is 0 Å². The number of rotatable bonds is 3. The third kappa shape index (κ3) is 2.81. The van der Waals surface area contributed by atoms with E-state index >= 15 is 0 Å². The molecule has 0 spiro atoms. The lowest BCUT2D eigenvalue weighted by molar-refractivity contribution is -0.134. The number of nitrogen functional groups attached to an aromatic ring is 1. The Bertz CT molecular complexity index is 542. The Balaban J connectivity index is 2.08. The van der Waals surface area contributed by atoms with Crippen molar-refractivity contribution in [2.45, 2.75) is 18.9 Å². The number of hydrogen-bond donors (Lipinski definition) is 3. The van der Waals surface area contributed by atoms with Crippen molar-refractivity contribution in [1.29, 1.82) is 0 Å². The fourth-order valence-electron chi connectivity index (χ4n) is 1.66. The maximum Gasteiger partial charge on any atom is 0.275 e. The number of imide groups is 1. The average Bonchev–Trinajstić information content (AvgIpc) is 2.74. The smallest absolute Gasteiger partial charge is 0.275 e. The van der Waals surface area contributed by atoms with Crippen molar-refractivity contribution in [2.75, 3.05) is 12.8 Å². The molecule has 4 N–H and O–H groups in total. The van der Waals surface area contributed by atoms with E-state index in [9.17, 15) is 14.4 Å². The van der Waals surface area contributed by atoms with Crippen molar-refractivity contribution < 1.29 is 19.1 Å². The van der Waals surface area contributed by atoms with Gasteiger partial charge in [-0.15, -0.1) is 0 Å². The van der Waals surface area contributed by atoms with E-state index in [1.54, 1.807) is 0 Å². The van der Waals surface area contributed by atoms with E-state index in [1.807, 2.05) is 0 Å². The fraction of sp³-hybridized carbons (Fsp3) is 0.400. The number of carbonyl (C=O) groups excluding carboxylic acids is 3. The lowest BCUT2D eigenvalue weighted by Crippen LogP contribution is -2.52. The number of methoxy groups -OCH3 is 1. The molecule has 0 bridgehead atoms. The van der Waals surface area contributed by atoms with E-state index in [1.165, 1.54) is 7.11 Å². The van der Waals surface area contributed by atoms with Crippen molar-refractivity contribution in [3.63, 3.8) is 0 Å². The molecule has 102 valence electrons. The molecule has 2 heterocycles. The third-order valence-corrected chi connectivity index (χ3v) is 3.40. The first-order valence-corrected chi connectivity index (χ1v) is 6.27. The number of anilines is 1. The molecule has 8 nitrogen and oxygen atoms in total.